The van der Waals surface area contributed by atoms with Crippen LogP contribution in [0.1, 0.15) is 28.3 Å². The van der Waals surface area contributed by atoms with E-state index in [4.69, 9.17) is 16.7 Å². The van der Waals surface area contributed by atoms with Gasteiger partial charge in [0.15, 0.2) is 6.19 Å². The van der Waals surface area contributed by atoms with Crippen molar-refractivity contribution < 1.29 is 17.9 Å². The van der Waals surface area contributed by atoms with Gasteiger partial charge in [-0.05, 0) is 30.2 Å². The molecule has 0 bridgehead atoms. The zero-order valence-corrected chi connectivity index (χ0v) is 14.8. The summed E-state index contributed by atoms with van der Waals surface area (Å²) in [5.74, 6) is -0.296. The van der Waals surface area contributed by atoms with Crippen LogP contribution in [0.25, 0.3) is 0 Å². The number of nitrogens with two attached hydrogens (primary N) is 2. The zero-order valence-electron chi connectivity index (χ0n) is 14.8. The fourth-order valence-corrected chi connectivity index (χ4v) is 2.96. The molecule has 2 aromatic rings. The Morgan fingerprint density at radius 2 is 2.00 bits per heavy atom. The van der Waals surface area contributed by atoms with Gasteiger partial charge < -0.3 is 21.5 Å². The fourth-order valence-electron chi connectivity index (χ4n) is 2.96. The summed E-state index contributed by atoms with van der Waals surface area (Å²) in [6.45, 7) is 1.57. The molecule has 0 spiro atoms. The summed E-state index contributed by atoms with van der Waals surface area (Å²) in [5.41, 5.74) is 13.1. The van der Waals surface area contributed by atoms with Gasteiger partial charge in [0, 0.05) is 5.56 Å². The van der Waals surface area contributed by atoms with E-state index in [1.165, 1.54) is 12.1 Å². The molecule has 0 saturated carbocycles. The number of hydrogen-bond acceptors (Lipinski definition) is 9. The van der Waals surface area contributed by atoms with Gasteiger partial charge in [0.05, 0.1) is 5.69 Å². The third kappa shape index (κ3) is 3.77. The summed E-state index contributed by atoms with van der Waals surface area (Å²) in [6.07, 6.45) is -3.12. The van der Waals surface area contributed by atoms with Crippen molar-refractivity contribution in [2.75, 3.05) is 16.8 Å². The van der Waals surface area contributed by atoms with Crippen LogP contribution in [0.2, 0.25) is 0 Å². The van der Waals surface area contributed by atoms with E-state index in [2.05, 4.69) is 25.3 Å². The minimum atomic E-state index is -4.83. The van der Waals surface area contributed by atoms with Crippen molar-refractivity contribution in [1.29, 1.82) is 10.5 Å². The smallest absolute Gasteiger partial charge is 0.406 e. The number of guanidine groups is 1. The Bertz CT molecular complexity index is 1100. The van der Waals surface area contributed by atoms with Crippen LogP contribution in [0.3, 0.4) is 0 Å². The molecule has 29 heavy (non-hydrogen) atoms. The molecule has 12 heteroatoms. The van der Waals surface area contributed by atoms with Gasteiger partial charge in [-0.2, -0.15) is 10.5 Å². The van der Waals surface area contributed by atoms with E-state index in [1.54, 1.807) is 13.1 Å². The van der Waals surface area contributed by atoms with E-state index in [0.717, 1.165) is 6.07 Å². The van der Waals surface area contributed by atoms with Crippen molar-refractivity contribution in [3.63, 3.8) is 0 Å². The normalized spacial score (nSPS) is 15.2. The first-order valence-electron chi connectivity index (χ1n) is 7.99. The van der Waals surface area contributed by atoms with E-state index >= 15 is 0 Å². The van der Waals surface area contributed by atoms with E-state index in [9.17, 15) is 18.4 Å². The Kier molecular flexibility index (Phi) is 4.78. The van der Waals surface area contributed by atoms with Crippen LogP contribution in [-0.2, 0) is 0 Å². The number of fused-ring (bicyclic) bond motifs is 1. The number of halogens is 3. The van der Waals surface area contributed by atoms with Gasteiger partial charge in [0.1, 0.15) is 35.1 Å². The number of nitrogens with zero attached hydrogens (tertiary/aromatic N) is 4. The number of rotatable bonds is 2. The predicted molar refractivity (Wildman–Crippen MR) is 97.3 cm³/mol. The van der Waals surface area contributed by atoms with Gasteiger partial charge in [0.25, 0.3) is 0 Å². The van der Waals surface area contributed by atoms with E-state index in [0.29, 0.717) is 16.7 Å². The van der Waals surface area contributed by atoms with Gasteiger partial charge in [-0.25, -0.2) is 9.98 Å². The number of aryl methyl sites for hydroxylation is 1. The lowest BCUT2D eigenvalue weighted by Crippen LogP contribution is -2.33. The first kappa shape index (κ1) is 19.6. The molecule has 0 radical (unpaired) electrons. The molecule has 1 aromatic carbocycles. The zero-order chi connectivity index (χ0) is 21.3. The number of nitrogens with one attached hydrogen (secondary N) is 2. The molecular formula is C17H13F3N8O. The Morgan fingerprint density at radius 1 is 1.28 bits per heavy atom. The molecule has 6 N–H and O–H groups in total. The molecule has 3 rings (SSSR count). The average Bonchev–Trinajstić information content (AvgIpc) is 2.60. The monoisotopic (exact) mass is 402 g/mol. The fraction of sp³-hybridized carbons (Fsp3) is 0.176. The molecule has 1 aliphatic heterocycles. The highest BCUT2D eigenvalue weighted by Crippen LogP contribution is 2.42. The summed E-state index contributed by atoms with van der Waals surface area (Å²) >= 11 is 0. The first-order chi connectivity index (χ1) is 13.6. The third-order valence-electron chi connectivity index (χ3n) is 4.13. The first-order valence-corrected chi connectivity index (χ1v) is 7.99. The molecular weight excluding hydrogens is 389 g/mol. The molecule has 0 fully saturated rings. The number of hydrogen-bond donors (Lipinski definition) is 4. The van der Waals surface area contributed by atoms with Crippen LogP contribution >= 0.6 is 0 Å². The third-order valence-corrected chi connectivity index (χ3v) is 4.13. The molecule has 1 aliphatic rings. The molecule has 9 nitrogen and oxygen atoms in total. The van der Waals surface area contributed by atoms with Crippen molar-refractivity contribution >= 4 is 23.3 Å². The van der Waals surface area contributed by atoms with Crippen LogP contribution in [0.4, 0.5) is 30.5 Å². The summed E-state index contributed by atoms with van der Waals surface area (Å²) in [5, 5.41) is 23.3. The number of benzene rings is 1. The van der Waals surface area contributed by atoms with E-state index in [-0.39, 0.29) is 28.8 Å². The predicted octanol–water partition coefficient (Wildman–Crippen LogP) is 2.27. The van der Waals surface area contributed by atoms with Crippen molar-refractivity contribution in [3.8, 4) is 18.0 Å². The van der Waals surface area contributed by atoms with Crippen LogP contribution in [0.5, 0.6) is 5.75 Å². The Labute approximate surface area is 162 Å². The summed E-state index contributed by atoms with van der Waals surface area (Å²) in [7, 11) is 0. The minimum Gasteiger partial charge on any atom is -0.406 e. The van der Waals surface area contributed by atoms with Gasteiger partial charge in [0.2, 0.25) is 5.96 Å². The topological polar surface area (TPSA) is 158 Å². The Balaban J connectivity index is 2.16. The SMILES string of the molecule is Cc1cc(OC(F)(F)F)ccc1C1N=C(NC#N)Nc2nc(N)c(C#N)c(N)c21. The van der Waals surface area contributed by atoms with Crippen molar-refractivity contribution in [1.82, 2.24) is 10.3 Å². The summed E-state index contributed by atoms with van der Waals surface area (Å²) in [4.78, 5) is 8.46. The largest absolute Gasteiger partial charge is 0.573 e. The molecule has 2 heterocycles. The lowest BCUT2D eigenvalue weighted by molar-refractivity contribution is -0.274. The number of aliphatic imine (C=N–C) groups is 1. The number of nitrogen functional groups attached to an aromatic ring is 2. The maximum absolute atomic E-state index is 12.5. The molecule has 1 unspecified atom stereocenters. The van der Waals surface area contributed by atoms with Crippen molar-refractivity contribution in [3.05, 3.63) is 40.5 Å². The highest BCUT2D eigenvalue weighted by atomic mass is 19.4. The highest BCUT2D eigenvalue weighted by Gasteiger charge is 2.33. The molecule has 0 aliphatic carbocycles. The quantitative estimate of drug-likeness (QED) is 0.440. The van der Waals surface area contributed by atoms with Crippen LogP contribution < -0.4 is 26.8 Å². The van der Waals surface area contributed by atoms with E-state index in [1.807, 2.05) is 6.07 Å². The minimum absolute atomic E-state index is 0.0299. The maximum Gasteiger partial charge on any atom is 0.573 e. The standard InChI is InChI=1S/C17H13F3N8O/c1-7-4-8(29-17(18,19)20)2-3-9(7)13-11-12(23)10(5-21)14(24)27-15(11)28-16(26-13)25-6-22/h2-4,13H,1H3,(H6,23,24,25,26,27,28). The van der Waals surface area contributed by atoms with Crippen molar-refractivity contribution in [2.24, 2.45) is 4.99 Å². The second-order valence-electron chi connectivity index (χ2n) is 5.97. The molecule has 148 valence electrons. The summed E-state index contributed by atoms with van der Waals surface area (Å²) < 4.78 is 41.4. The number of ether oxygens (including phenoxy) is 1. The van der Waals surface area contributed by atoms with Gasteiger partial charge >= 0.3 is 6.36 Å². The van der Waals surface area contributed by atoms with Crippen LogP contribution in [-0.4, -0.2) is 17.3 Å². The molecule has 1 atom stereocenters. The Morgan fingerprint density at radius 3 is 2.59 bits per heavy atom. The van der Waals surface area contributed by atoms with E-state index < -0.39 is 18.2 Å². The number of nitriles is 2. The second kappa shape index (κ2) is 7.09. The van der Waals surface area contributed by atoms with Gasteiger partial charge in [-0.3, -0.25) is 5.32 Å². The number of anilines is 3. The molecule has 0 amide bonds. The lowest BCUT2D eigenvalue weighted by Gasteiger charge is -2.27. The van der Waals surface area contributed by atoms with Gasteiger partial charge in [-0.1, -0.05) is 6.07 Å². The summed E-state index contributed by atoms with van der Waals surface area (Å²) in [6, 6.07) is 4.74. The molecule has 1 aromatic heterocycles. The second-order valence-corrected chi connectivity index (χ2v) is 5.97. The number of pyridine rings is 1. The van der Waals surface area contributed by atoms with Crippen LogP contribution in [0, 0.1) is 29.7 Å². The average molecular weight is 402 g/mol. The number of alkyl halides is 3. The number of aromatic nitrogens is 1. The van der Waals surface area contributed by atoms with Crippen LogP contribution in [0.15, 0.2) is 23.2 Å². The Hall–Kier alpha value is -4.19. The van der Waals surface area contributed by atoms with Crippen molar-refractivity contribution in [2.45, 2.75) is 19.3 Å². The van der Waals surface area contributed by atoms with Gasteiger partial charge in [-0.15, -0.1) is 13.2 Å². The lowest BCUT2D eigenvalue weighted by atomic mass is 9.92. The molecule has 0 saturated heterocycles. The maximum atomic E-state index is 12.5. The highest BCUT2D eigenvalue weighted by molar-refractivity contribution is 5.98.